The molecule has 0 saturated heterocycles. The number of nitro groups is 1. The fourth-order valence-corrected chi connectivity index (χ4v) is 2.85. The van der Waals surface area contributed by atoms with Crippen molar-refractivity contribution in [3.8, 4) is 0 Å². The Morgan fingerprint density at radius 3 is 2.85 bits per heavy atom. The Kier molecular flexibility index (Phi) is 4.60. The van der Waals surface area contributed by atoms with E-state index in [2.05, 4.69) is 12.2 Å². The van der Waals surface area contributed by atoms with E-state index in [0.29, 0.717) is 18.4 Å². The predicted octanol–water partition coefficient (Wildman–Crippen LogP) is 3.41. The maximum Gasteiger partial charge on any atom is 0.270 e. The van der Waals surface area contributed by atoms with Crippen LogP contribution in [0.25, 0.3) is 0 Å². The van der Waals surface area contributed by atoms with E-state index < -0.39 is 4.92 Å². The van der Waals surface area contributed by atoms with Crippen LogP contribution in [0.5, 0.6) is 0 Å². The topological polar surface area (TPSA) is 72.2 Å². The largest absolute Gasteiger partial charge is 0.352 e. The van der Waals surface area contributed by atoms with Crippen molar-refractivity contribution < 1.29 is 9.72 Å². The van der Waals surface area contributed by atoms with Crippen molar-refractivity contribution in [2.45, 2.75) is 26.2 Å². The molecule has 20 heavy (non-hydrogen) atoms. The number of non-ortho nitro benzene ring substituents is 1. The molecule has 0 aliphatic heterocycles. The van der Waals surface area contributed by atoms with E-state index >= 15 is 0 Å². The summed E-state index contributed by atoms with van der Waals surface area (Å²) >= 11 is 5.94. The number of carbonyl (C=O) groups is 1. The molecule has 5 nitrogen and oxygen atoms in total. The fraction of sp³-hybridized carbons (Fsp3) is 0.500. The molecule has 1 amide bonds. The van der Waals surface area contributed by atoms with E-state index in [-0.39, 0.29) is 22.2 Å². The van der Waals surface area contributed by atoms with Crippen LogP contribution >= 0.6 is 11.6 Å². The molecule has 6 heteroatoms. The van der Waals surface area contributed by atoms with Crippen LogP contribution in [0.4, 0.5) is 5.69 Å². The first kappa shape index (κ1) is 14.8. The summed E-state index contributed by atoms with van der Waals surface area (Å²) in [5.74, 6) is 0.741. The van der Waals surface area contributed by atoms with Crippen molar-refractivity contribution in [3.05, 3.63) is 38.9 Å². The van der Waals surface area contributed by atoms with E-state index in [1.165, 1.54) is 31.0 Å². The molecule has 108 valence electrons. The SMILES string of the molecule is CC1CCCC1CNC(=O)c1cc([N+](=O)[O-])ccc1Cl. The highest BCUT2D eigenvalue weighted by Crippen LogP contribution is 2.30. The highest BCUT2D eigenvalue weighted by Gasteiger charge is 2.24. The van der Waals surface area contributed by atoms with E-state index in [4.69, 9.17) is 11.6 Å². The van der Waals surface area contributed by atoms with Crippen LogP contribution in [0.3, 0.4) is 0 Å². The summed E-state index contributed by atoms with van der Waals surface area (Å²) in [7, 11) is 0. The second-order valence-electron chi connectivity index (χ2n) is 5.30. The molecule has 1 aliphatic rings. The third-order valence-corrected chi connectivity index (χ3v) is 4.30. The van der Waals surface area contributed by atoms with Gasteiger partial charge in [0.05, 0.1) is 15.5 Å². The van der Waals surface area contributed by atoms with E-state index in [1.54, 1.807) is 0 Å². The molecule has 1 aromatic carbocycles. The van der Waals surface area contributed by atoms with Crippen LogP contribution in [0, 0.1) is 22.0 Å². The van der Waals surface area contributed by atoms with Gasteiger partial charge < -0.3 is 5.32 Å². The molecular weight excluding hydrogens is 280 g/mol. The number of benzene rings is 1. The Balaban J connectivity index is 2.05. The first-order valence-electron chi connectivity index (χ1n) is 6.71. The monoisotopic (exact) mass is 296 g/mol. The molecule has 0 bridgehead atoms. The van der Waals surface area contributed by atoms with Crippen molar-refractivity contribution in [1.82, 2.24) is 5.32 Å². The predicted molar refractivity (Wildman–Crippen MR) is 76.9 cm³/mol. The van der Waals surface area contributed by atoms with Crippen molar-refractivity contribution in [2.75, 3.05) is 6.54 Å². The van der Waals surface area contributed by atoms with Gasteiger partial charge in [0.25, 0.3) is 11.6 Å². The second kappa shape index (κ2) is 6.22. The van der Waals surface area contributed by atoms with Gasteiger partial charge in [-0.05, 0) is 24.3 Å². The minimum absolute atomic E-state index is 0.131. The first-order valence-corrected chi connectivity index (χ1v) is 7.09. The quantitative estimate of drug-likeness (QED) is 0.683. The zero-order valence-corrected chi connectivity index (χ0v) is 12.0. The summed E-state index contributed by atoms with van der Waals surface area (Å²) in [6.07, 6.45) is 3.50. The smallest absolute Gasteiger partial charge is 0.270 e. The van der Waals surface area contributed by atoms with Crippen LogP contribution in [0.1, 0.15) is 36.5 Å². The van der Waals surface area contributed by atoms with E-state index in [1.807, 2.05) is 0 Å². The number of nitrogens with one attached hydrogen (secondary N) is 1. The average Bonchev–Trinajstić information content (AvgIpc) is 2.81. The molecule has 0 radical (unpaired) electrons. The number of amides is 1. The molecule has 1 aromatic rings. The van der Waals surface area contributed by atoms with Gasteiger partial charge in [-0.2, -0.15) is 0 Å². The maximum atomic E-state index is 12.1. The van der Waals surface area contributed by atoms with Gasteiger partial charge in [0.2, 0.25) is 0 Å². The van der Waals surface area contributed by atoms with Gasteiger partial charge in [-0.1, -0.05) is 31.4 Å². The first-order chi connectivity index (χ1) is 9.49. The van der Waals surface area contributed by atoms with Crippen LogP contribution in [-0.4, -0.2) is 17.4 Å². The van der Waals surface area contributed by atoms with Crippen LogP contribution in [0.2, 0.25) is 5.02 Å². The Bertz CT molecular complexity index is 533. The minimum atomic E-state index is -0.536. The summed E-state index contributed by atoms with van der Waals surface area (Å²) in [6, 6.07) is 3.89. The Morgan fingerprint density at radius 2 is 2.25 bits per heavy atom. The number of hydrogen-bond donors (Lipinski definition) is 1. The van der Waals surface area contributed by atoms with Crippen LogP contribution in [-0.2, 0) is 0 Å². The zero-order valence-electron chi connectivity index (χ0n) is 11.3. The van der Waals surface area contributed by atoms with Crippen LogP contribution < -0.4 is 5.32 Å². The third-order valence-electron chi connectivity index (χ3n) is 3.97. The highest BCUT2D eigenvalue weighted by molar-refractivity contribution is 6.33. The number of carbonyl (C=O) groups excluding carboxylic acids is 1. The van der Waals surface area contributed by atoms with Gasteiger partial charge in [0.15, 0.2) is 0 Å². The maximum absolute atomic E-state index is 12.1. The lowest BCUT2D eigenvalue weighted by Gasteiger charge is -2.16. The Hall–Kier alpha value is -1.62. The van der Waals surface area contributed by atoms with Crippen molar-refractivity contribution >= 4 is 23.2 Å². The number of halogens is 1. The van der Waals surface area contributed by atoms with E-state index in [0.717, 1.165) is 6.42 Å². The van der Waals surface area contributed by atoms with Crippen LogP contribution in [0.15, 0.2) is 18.2 Å². The molecule has 0 aromatic heterocycles. The molecule has 0 heterocycles. The second-order valence-corrected chi connectivity index (χ2v) is 5.71. The van der Waals surface area contributed by atoms with Crippen molar-refractivity contribution in [1.29, 1.82) is 0 Å². The zero-order chi connectivity index (χ0) is 14.7. The van der Waals surface area contributed by atoms with Gasteiger partial charge in [-0.3, -0.25) is 14.9 Å². The molecule has 2 unspecified atom stereocenters. The van der Waals surface area contributed by atoms with Crippen molar-refractivity contribution in [2.24, 2.45) is 11.8 Å². The summed E-state index contributed by atoms with van der Waals surface area (Å²) in [5, 5.41) is 13.8. The summed E-state index contributed by atoms with van der Waals surface area (Å²) in [6.45, 7) is 2.78. The third kappa shape index (κ3) is 3.28. The van der Waals surface area contributed by atoms with Gasteiger partial charge in [0, 0.05) is 18.7 Å². The normalized spacial score (nSPS) is 21.7. The number of hydrogen-bond acceptors (Lipinski definition) is 3. The lowest BCUT2D eigenvalue weighted by Crippen LogP contribution is -2.30. The number of rotatable bonds is 4. The lowest BCUT2D eigenvalue weighted by atomic mass is 9.98. The summed E-state index contributed by atoms with van der Waals surface area (Å²) in [5.41, 5.74) is 0.0281. The number of nitrogens with zero attached hydrogens (tertiary/aromatic N) is 1. The Morgan fingerprint density at radius 1 is 1.50 bits per heavy atom. The van der Waals surface area contributed by atoms with Gasteiger partial charge >= 0.3 is 0 Å². The van der Waals surface area contributed by atoms with E-state index in [9.17, 15) is 14.9 Å². The lowest BCUT2D eigenvalue weighted by molar-refractivity contribution is -0.384. The minimum Gasteiger partial charge on any atom is -0.352 e. The van der Waals surface area contributed by atoms with Crippen molar-refractivity contribution in [3.63, 3.8) is 0 Å². The molecule has 0 spiro atoms. The summed E-state index contributed by atoms with van der Waals surface area (Å²) in [4.78, 5) is 22.3. The van der Waals surface area contributed by atoms with Gasteiger partial charge in [-0.15, -0.1) is 0 Å². The summed E-state index contributed by atoms with van der Waals surface area (Å²) < 4.78 is 0. The number of nitro benzene ring substituents is 1. The molecule has 1 N–H and O–H groups in total. The molecule has 1 saturated carbocycles. The Labute approximate surface area is 122 Å². The molecular formula is C14H17ClN2O3. The molecule has 1 fully saturated rings. The highest BCUT2D eigenvalue weighted by atomic mass is 35.5. The molecule has 2 atom stereocenters. The average molecular weight is 297 g/mol. The fourth-order valence-electron chi connectivity index (χ4n) is 2.65. The standard InChI is InChI=1S/C14H17ClN2O3/c1-9-3-2-4-10(9)8-16-14(18)12-7-11(17(19)20)5-6-13(12)15/h5-7,9-10H,2-4,8H2,1H3,(H,16,18). The van der Waals surface area contributed by atoms with Gasteiger partial charge in [-0.25, -0.2) is 0 Å². The molecule has 2 rings (SSSR count). The van der Waals surface area contributed by atoms with Gasteiger partial charge in [0.1, 0.15) is 0 Å². The molecule has 1 aliphatic carbocycles.